The maximum atomic E-state index is 11.8. The molecule has 2 N–H and O–H groups in total. The van der Waals surface area contributed by atoms with Crippen LogP contribution >= 0.6 is 0 Å². The largest absolute Gasteiger partial charge is 0.389 e. The lowest BCUT2D eigenvalue weighted by Gasteiger charge is -2.27. The van der Waals surface area contributed by atoms with Crippen LogP contribution in [-0.2, 0) is 11.3 Å². The first-order chi connectivity index (χ1) is 8.90. The van der Waals surface area contributed by atoms with Crippen LogP contribution in [0.15, 0.2) is 30.3 Å². The van der Waals surface area contributed by atoms with Crippen LogP contribution in [0.3, 0.4) is 0 Å². The standard InChI is InChI=1S/C15H24N2O2/c1-4-17(12-15(2,3)19)11-14(18)16-10-13-8-6-5-7-9-13/h5-9,19H,4,10-12H2,1-3H3,(H,16,18). The Hall–Kier alpha value is -1.39. The van der Waals surface area contributed by atoms with Crippen molar-refractivity contribution in [2.75, 3.05) is 19.6 Å². The van der Waals surface area contributed by atoms with Gasteiger partial charge in [-0.3, -0.25) is 9.69 Å². The summed E-state index contributed by atoms with van der Waals surface area (Å²) in [4.78, 5) is 13.8. The zero-order chi connectivity index (χ0) is 14.3. The Balaban J connectivity index is 2.37. The quantitative estimate of drug-likeness (QED) is 0.782. The highest BCUT2D eigenvalue weighted by Crippen LogP contribution is 2.04. The van der Waals surface area contributed by atoms with Gasteiger partial charge in [0.2, 0.25) is 5.91 Å². The maximum absolute atomic E-state index is 11.8. The van der Waals surface area contributed by atoms with E-state index >= 15 is 0 Å². The number of carbonyl (C=O) groups excluding carboxylic acids is 1. The topological polar surface area (TPSA) is 52.6 Å². The highest BCUT2D eigenvalue weighted by atomic mass is 16.3. The summed E-state index contributed by atoms with van der Waals surface area (Å²) in [7, 11) is 0. The van der Waals surface area contributed by atoms with E-state index in [-0.39, 0.29) is 5.91 Å². The van der Waals surface area contributed by atoms with Gasteiger partial charge in [0.05, 0.1) is 12.1 Å². The zero-order valence-corrected chi connectivity index (χ0v) is 12.0. The van der Waals surface area contributed by atoms with Gasteiger partial charge in [-0.1, -0.05) is 37.3 Å². The smallest absolute Gasteiger partial charge is 0.234 e. The number of rotatable bonds is 7. The summed E-state index contributed by atoms with van der Waals surface area (Å²) in [6.07, 6.45) is 0. The van der Waals surface area contributed by atoms with Crippen LogP contribution in [-0.4, -0.2) is 41.1 Å². The molecule has 0 aliphatic heterocycles. The van der Waals surface area contributed by atoms with Gasteiger partial charge in [0.15, 0.2) is 0 Å². The monoisotopic (exact) mass is 264 g/mol. The second kappa shape index (κ2) is 7.26. The van der Waals surface area contributed by atoms with Crippen molar-refractivity contribution in [1.82, 2.24) is 10.2 Å². The Labute approximate surface area is 115 Å². The van der Waals surface area contributed by atoms with Crippen molar-refractivity contribution in [2.24, 2.45) is 0 Å². The Morgan fingerprint density at radius 2 is 1.95 bits per heavy atom. The van der Waals surface area contributed by atoms with Crippen LogP contribution in [0.1, 0.15) is 26.3 Å². The Kier molecular flexibility index (Phi) is 5.99. The second-order valence-corrected chi connectivity index (χ2v) is 5.38. The van der Waals surface area contributed by atoms with Crippen molar-refractivity contribution >= 4 is 5.91 Å². The molecular formula is C15H24N2O2. The fraction of sp³-hybridized carbons (Fsp3) is 0.533. The van der Waals surface area contributed by atoms with E-state index < -0.39 is 5.60 Å². The molecule has 1 aromatic rings. The first kappa shape index (κ1) is 15.7. The number of nitrogens with zero attached hydrogens (tertiary/aromatic N) is 1. The van der Waals surface area contributed by atoms with E-state index in [9.17, 15) is 9.90 Å². The predicted octanol–water partition coefficient (Wildman–Crippen LogP) is 1.40. The fourth-order valence-corrected chi connectivity index (χ4v) is 1.88. The van der Waals surface area contributed by atoms with Gasteiger partial charge in [-0.25, -0.2) is 0 Å². The summed E-state index contributed by atoms with van der Waals surface area (Å²) < 4.78 is 0. The fourth-order valence-electron chi connectivity index (χ4n) is 1.88. The molecule has 106 valence electrons. The van der Waals surface area contributed by atoms with E-state index in [1.807, 2.05) is 42.2 Å². The van der Waals surface area contributed by atoms with Crippen molar-refractivity contribution in [2.45, 2.75) is 32.9 Å². The molecular weight excluding hydrogens is 240 g/mol. The van der Waals surface area contributed by atoms with E-state index in [1.165, 1.54) is 0 Å². The van der Waals surface area contributed by atoms with Crippen LogP contribution < -0.4 is 5.32 Å². The summed E-state index contributed by atoms with van der Waals surface area (Å²) in [5, 5.41) is 12.7. The lowest BCUT2D eigenvalue weighted by molar-refractivity contribution is -0.123. The van der Waals surface area contributed by atoms with Gasteiger partial charge in [0, 0.05) is 13.1 Å². The Bertz CT molecular complexity index is 385. The highest BCUT2D eigenvalue weighted by Gasteiger charge is 2.18. The molecule has 0 saturated heterocycles. The molecule has 0 radical (unpaired) electrons. The van der Waals surface area contributed by atoms with Crippen LogP contribution in [0.25, 0.3) is 0 Å². The van der Waals surface area contributed by atoms with Crippen molar-refractivity contribution in [1.29, 1.82) is 0 Å². The van der Waals surface area contributed by atoms with E-state index in [4.69, 9.17) is 0 Å². The number of aliphatic hydroxyl groups is 1. The van der Waals surface area contributed by atoms with Gasteiger partial charge < -0.3 is 10.4 Å². The van der Waals surface area contributed by atoms with E-state index in [1.54, 1.807) is 13.8 Å². The van der Waals surface area contributed by atoms with E-state index in [0.29, 0.717) is 19.6 Å². The minimum atomic E-state index is -0.782. The second-order valence-electron chi connectivity index (χ2n) is 5.38. The summed E-state index contributed by atoms with van der Waals surface area (Å²) in [5.41, 5.74) is 0.303. The minimum absolute atomic E-state index is 0.0186. The number of likely N-dealkylation sites (N-methyl/N-ethyl adjacent to an activating group) is 1. The van der Waals surface area contributed by atoms with E-state index in [2.05, 4.69) is 5.32 Å². The molecule has 0 fully saturated rings. The molecule has 1 amide bonds. The number of benzene rings is 1. The molecule has 0 aliphatic carbocycles. The van der Waals surface area contributed by atoms with Gasteiger partial charge in [0.1, 0.15) is 0 Å². The molecule has 0 unspecified atom stereocenters. The predicted molar refractivity (Wildman–Crippen MR) is 76.7 cm³/mol. The van der Waals surface area contributed by atoms with Crippen LogP contribution in [0.2, 0.25) is 0 Å². The number of carbonyl (C=O) groups is 1. The Morgan fingerprint density at radius 3 is 2.47 bits per heavy atom. The zero-order valence-electron chi connectivity index (χ0n) is 12.0. The van der Waals surface area contributed by atoms with Crippen molar-refractivity contribution < 1.29 is 9.90 Å². The summed E-state index contributed by atoms with van der Waals surface area (Å²) in [6.45, 7) is 7.56. The lowest BCUT2D eigenvalue weighted by atomic mass is 10.1. The number of hydrogen-bond acceptors (Lipinski definition) is 3. The molecule has 0 spiro atoms. The normalized spacial score (nSPS) is 11.6. The lowest BCUT2D eigenvalue weighted by Crippen LogP contribution is -2.43. The maximum Gasteiger partial charge on any atom is 0.234 e. The molecule has 1 rings (SSSR count). The minimum Gasteiger partial charge on any atom is -0.389 e. The van der Waals surface area contributed by atoms with E-state index in [0.717, 1.165) is 12.1 Å². The first-order valence-electron chi connectivity index (χ1n) is 6.66. The third kappa shape index (κ3) is 6.94. The first-order valence-corrected chi connectivity index (χ1v) is 6.66. The van der Waals surface area contributed by atoms with Crippen molar-refractivity contribution in [3.8, 4) is 0 Å². The summed E-state index contributed by atoms with van der Waals surface area (Å²) in [5.74, 6) is -0.0186. The Morgan fingerprint density at radius 1 is 1.32 bits per heavy atom. The molecule has 4 heteroatoms. The molecule has 1 aromatic carbocycles. The SMILES string of the molecule is CCN(CC(=O)NCc1ccccc1)CC(C)(C)O. The van der Waals surface area contributed by atoms with Gasteiger partial charge >= 0.3 is 0 Å². The average molecular weight is 264 g/mol. The molecule has 19 heavy (non-hydrogen) atoms. The molecule has 0 saturated carbocycles. The number of amides is 1. The van der Waals surface area contributed by atoms with Crippen LogP contribution in [0.4, 0.5) is 0 Å². The molecule has 0 aliphatic rings. The molecule has 0 atom stereocenters. The van der Waals surface area contributed by atoms with Crippen molar-refractivity contribution in [3.05, 3.63) is 35.9 Å². The molecule has 4 nitrogen and oxygen atoms in total. The average Bonchev–Trinajstić information content (AvgIpc) is 2.35. The van der Waals surface area contributed by atoms with Gasteiger partial charge in [0.25, 0.3) is 0 Å². The molecule has 0 bridgehead atoms. The van der Waals surface area contributed by atoms with Crippen LogP contribution in [0, 0.1) is 0 Å². The summed E-state index contributed by atoms with van der Waals surface area (Å²) in [6, 6.07) is 9.82. The molecule has 0 aromatic heterocycles. The number of hydrogen-bond donors (Lipinski definition) is 2. The highest BCUT2D eigenvalue weighted by molar-refractivity contribution is 5.78. The van der Waals surface area contributed by atoms with Gasteiger partial charge in [-0.15, -0.1) is 0 Å². The third-order valence-electron chi connectivity index (χ3n) is 2.76. The van der Waals surface area contributed by atoms with Crippen LogP contribution in [0.5, 0.6) is 0 Å². The van der Waals surface area contributed by atoms with Crippen molar-refractivity contribution in [3.63, 3.8) is 0 Å². The third-order valence-corrected chi connectivity index (χ3v) is 2.76. The van der Waals surface area contributed by atoms with Gasteiger partial charge in [-0.2, -0.15) is 0 Å². The summed E-state index contributed by atoms with van der Waals surface area (Å²) >= 11 is 0. The molecule has 0 heterocycles. The van der Waals surface area contributed by atoms with Gasteiger partial charge in [-0.05, 0) is 26.0 Å². The number of nitrogens with one attached hydrogen (secondary N) is 1.